The molecule has 0 heterocycles. The van der Waals surface area contributed by atoms with E-state index in [1.165, 1.54) is 18.4 Å². The van der Waals surface area contributed by atoms with Crippen molar-refractivity contribution >= 4 is 23.2 Å². The molecule has 0 atom stereocenters. The minimum absolute atomic E-state index is 0.367. The van der Waals surface area contributed by atoms with Gasteiger partial charge in [-0.15, -0.1) is 0 Å². The maximum absolute atomic E-state index is 6.17. The molecule has 0 aromatic heterocycles. The largest absolute Gasteiger partial charge is 0.493 e. The number of hydrogen-bond donors (Lipinski definition) is 1. The molecule has 0 bridgehead atoms. The SMILES string of the molecule is COc1cc(CNC2CC2)ccc1OCc1ccc(Cl)cc1Cl. The van der Waals surface area contributed by atoms with Gasteiger partial charge in [0.1, 0.15) is 6.61 Å². The van der Waals surface area contributed by atoms with Crippen molar-refractivity contribution in [2.75, 3.05) is 7.11 Å². The second-order valence-electron chi connectivity index (χ2n) is 5.66. The minimum Gasteiger partial charge on any atom is -0.493 e. The number of rotatable bonds is 7. The lowest BCUT2D eigenvalue weighted by Gasteiger charge is -2.13. The average molecular weight is 352 g/mol. The Balaban J connectivity index is 1.66. The number of halogens is 2. The fraction of sp³-hybridized carbons (Fsp3) is 0.333. The highest BCUT2D eigenvalue weighted by atomic mass is 35.5. The zero-order chi connectivity index (χ0) is 16.2. The van der Waals surface area contributed by atoms with E-state index in [1.54, 1.807) is 19.2 Å². The van der Waals surface area contributed by atoms with E-state index in [0.29, 0.717) is 28.4 Å². The Morgan fingerprint density at radius 2 is 1.91 bits per heavy atom. The Kier molecular flexibility index (Phi) is 5.31. The number of hydrogen-bond acceptors (Lipinski definition) is 3. The number of ether oxygens (including phenoxy) is 2. The molecule has 1 fully saturated rings. The quantitative estimate of drug-likeness (QED) is 0.774. The van der Waals surface area contributed by atoms with Crippen LogP contribution in [0.3, 0.4) is 0 Å². The van der Waals surface area contributed by atoms with Crippen molar-refractivity contribution in [2.45, 2.75) is 32.0 Å². The fourth-order valence-electron chi connectivity index (χ4n) is 2.29. The highest BCUT2D eigenvalue weighted by Gasteiger charge is 2.20. The van der Waals surface area contributed by atoms with Gasteiger partial charge in [0.15, 0.2) is 11.5 Å². The standard InChI is InChI=1S/C18H19Cl2NO2/c1-22-18-8-12(10-21-15-5-6-15)2-7-17(18)23-11-13-3-4-14(19)9-16(13)20/h2-4,7-9,15,21H,5-6,10-11H2,1H3. The molecule has 1 aliphatic carbocycles. The van der Waals surface area contributed by atoms with Crippen LogP contribution in [0.1, 0.15) is 24.0 Å². The van der Waals surface area contributed by atoms with E-state index in [1.807, 2.05) is 18.2 Å². The van der Waals surface area contributed by atoms with Crippen LogP contribution < -0.4 is 14.8 Å². The molecule has 0 radical (unpaired) electrons. The summed E-state index contributed by atoms with van der Waals surface area (Å²) in [6.45, 7) is 1.22. The summed E-state index contributed by atoms with van der Waals surface area (Å²) in [5.74, 6) is 1.43. The van der Waals surface area contributed by atoms with Crippen LogP contribution in [0.5, 0.6) is 11.5 Å². The first-order valence-electron chi connectivity index (χ1n) is 7.63. The molecule has 0 spiro atoms. The van der Waals surface area contributed by atoms with Crippen LogP contribution in [0.2, 0.25) is 10.0 Å². The Bertz CT molecular complexity index is 687. The summed E-state index contributed by atoms with van der Waals surface area (Å²) in [7, 11) is 1.65. The summed E-state index contributed by atoms with van der Waals surface area (Å²) < 4.78 is 11.3. The summed E-state index contributed by atoms with van der Waals surface area (Å²) in [6, 6.07) is 12.1. The number of methoxy groups -OCH3 is 1. The predicted octanol–water partition coefficient (Wildman–Crippen LogP) is 4.83. The molecule has 0 aliphatic heterocycles. The van der Waals surface area contributed by atoms with Crippen LogP contribution in [0.15, 0.2) is 36.4 Å². The monoisotopic (exact) mass is 351 g/mol. The summed E-state index contributed by atoms with van der Waals surface area (Å²) >= 11 is 12.1. The molecule has 1 N–H and O–H groups in total. The summed E-state index contributed by atoms with van der Waals surface area (Å²) in [5.41, 5.74) is 2.07. The van der Waals surface area contributed by atoms with Gasteiger partial charge in [0.2, 0.25) is 0 Å². The zero-order valence-corrected chi connectivity index (χ0v) is 14.5. The summed E-state index contributed by atoms with van der Waals surface area (Å²) in [5, 5.41) is 4.70. The molecular formula is C18H19Cl2NO2. The van der Waals surface area contributed by atoms with Crippen LogP contribution >= 0.6 is 23.2 Å². The van der Waals surface area contributed by atoms with E-state index in [-0.39, 0.29) is 0 Å². The van der Waals surface area contributed by atoms with Crippen molar-refractivity contribution in [1.82, 2.24) is 5.32 Å². The van der Waals surface area contributed by atoms with E-state index >= 15 is 0 Å². The van der Waals surface area contributed by atoms with Gasteiger partial charge in [-0.2, -0.15) is 0 Å². The molecule has 23 heavy (non-hydrogen) atoms. The van der Waals surface area contributed by atoms with Gasteiger partial charge in [0, 0.05) is 28.2 Å². The van der Waals surface area contributed by atoms with Gasteiger partial charge in [0.05, 0.1) is 7.11 Å². The van der Waals surface area contributed by atoms with E-state index in [0.717, 1.165) is 17.9 Å². The normalized spacial score (nSPS) is 13.9. The van der Waals surface area contributed by atoms with Gasteiger partial charge < -0.3 is 14.8 Å². The lowest BCUT2D eigenvalue weighted by molar-refractivity contribution is 0.284. The van der Waals surface area contributed by atoms with E-state index in [9.17, 15) is 0 Å². The van der Waals surface area contributed by atoms with Gasteiger partial charge in [-0.1, -0.05) is 35.3 Å². The Morgan fingerprint density at radius 1 is 1.09 bits per heavy atom. The second kappa shape index (κ2) is 7.43. The van der Waals surface area contributed by atoms with Crippen molar-refractivity contribution in [2.24, 2.45) is 0 Å². The van der Waals surface area contributed by atoms with Crippen molar-refractivity contribution in [1.29, 1.82) is 0 Å². The number of benzene rings is 2. The van der Waals surface area contributed by atoms with Crippen LogP contribution in [-0.2, 0) is 13.2 Å². The average Bonchev–Trinajstić information content (AvgIpc) is 3.37. The highest BCUT2D eigenvalue weighted by Crippen LogP contribution is 2.30. The highest BCUT2D eigenvalue weighted by molar-refractivity contribution is 6.35. The molecule has 122 valence electrons. The molecule has 1 saturated carbocycles. The van der Waals surface area contributed by atoms with Gasteiger partial charge in [-0.05, 0) is 42.7 Å². The Hall–Kier alpha value is -1.42. The molecule has 0 unspecified atom stereocenters. The van der Waals surface area contributed by atoms with Gasteiger partial charge in [-0.3, -0.25) is 0 Å². The zero-order valence-electron chi connectivity index (χ0n) is 12.9. The molecule has 3 nitrogen and oxygen atoms in total. The third kappa shape index (κ3) is 4.54. The van der Waals surface area contributed by atoms with E-state index < -0.39 is 0 Å². The maximum atomic E-state index is 6.17. The Labute approximate surface area is 146 Å². The van der Waals surface area contributed by atoms with E-state index in [2.05, 4.69) is 11.4 Å². The van der Waals surface area contributed by atoms with Crippen LogP contribution in [0.4, 0.5) is 0 Å². The van der Waals surface area contributed by atoms with Crippen molar-refractivity contribution in [3.05, 3.63) is 57.6 Å². The lowest BCUT2D eigenvalue weighted by Crippen LogP contribution is -2.15. The van der Waals surface area contributed by atoms with Gasteiger partial charge >= 0.3 is 0 Å². The Morgan fingerprint density at radius 3 is 2.61 bits per heavy atom. The molecule has 2 aromatic rings. The third-order valence-corrected chi connectivity index (χ3v) is 4.39. The van der Waals surface area contributed by atoms with Crippen LogP contribution in [-0.4, -0.2) is 13.2 Å². The fourth-order valence-corrected chi connectivity index (χ4v) is 2.75. The summed E-state index contributed by atoms with van der Waals surface area (Å²) in [6.07, 6.45) is 2.56. The summed E-state index contributed by atoms with van der Waals surface area (Å²) in [4.78, 5) is 0. The van der Waals surface area contributed by atoms with Crippen molar-refractivity contribution < 1.29 is 9.47 Å². The molecule has 0 amide bonds. The topological polar surface area (TPSA) is 30.5 Å². The van der Waals surface area contributed by atoms with Gasteiger partial charge in [0.25, 0.3) is 0 Å². The first-order chi connectivity index (χ1) is 11.2. The third-order valence-electron chi connectivity index (χ3n) is 3.80. The molecule has 5 heteroatoms. The molecule has 0 saturated heterocycles. The number of nitrogens with one attached hydrogen (secondary N) is 1. The predicted molar refractivity (Wildman–Crippen MR) is 93.6 cm³/mol. The van der Waals surface area contributed by atoms with Crippen molar-refractivity contribution in [3.63, 3.8) is 0 Å². The first kappa shape index (κ1) is 16.4. The van der Waals surface area contributed by atoms with Crippen LogP contribution in [0, 0.1) is 0 Å². The first-order valence-corrected chi connectivity index (χ1v) is 8.38. The molecule has 3 rings (SSSR count). The van der Waals surface area contributed by atoms with Crippen LogP contribution in [0.25, 0.3) is 0 Å². The molecule has 2 aromatic carbocycles. The lowest BCUT2D eigenvalue weighted by atomic mass is 10.2. The smallest absolute Gasteiger partial charge is 0.161 e. The molecule has 1 aliphatic rings. The van der Waals surface area contributed by atoms with Gasteiger partial charge in [-0.25, -0.2) is 0 Å². The van der Waals surface area contributed by atoms with Crippen molar-refractivity contribution in [3.8, 4) is 11.5 Å². The second-order valence-corrected chi connectivity index (χ2v) is 6.51. The minimum atomic E-state index is 0.367. The maximum Gasteiger partial charge on any atom is 0.161 e. The van der Waals surface area contributed by atoms with E-state index in [4.69, 9.17) is 32.7 Å². The molecular weight excluding hydrogens is 333 g/mol.